The Hall–Kier alpha value is -3.01. The Bertz CT molecular complexity index is 1160. The van der Waals surface area contributed by atoms with Crippen molar-refractivity contribution in [3.63, 3.8) is 0 Å². The maximum Gasteiger partial charge on any atom is 0.422 e. The topological polar surface area (TPSA) is 82.8 Å². The van der Waals surface area contributed by atoms with E-state index in [4.69, 9.17) is 8.60 Å². The Kier molecular flexibility index (Phi) is 5.07. The van der Waals surface area contributed by atoms with Crippen LogP contribution >= 0.6 is 0 Å². The maximum atomic E-state index is 12.7. The Balaban J connectivity index is 1.90. The Morgan fingerprint density at radius 2 is 1.68 bits per heavy atom. The number of hydrogen-bond donors (Lipinski definition) is 0. The van der Waals surface area contributed by atoms with Crippen LogP contribution in [0.4, 0.5) is 13.2 Å². The Morgan fingerprint density at radius 3 is 2.29 bits per heavy atom. The first-order valence-electron chi connectivity index (χ1n) is 7.77. The highest BCUT2D eigenvalue weighted by Gasteiger charge is 2.28. The van der Waals surface area contributed by atoms with Crippen LogP contribution in [0.1, 0.15) is 0 Å². The number of ether oxygens (including phenoxy) is 1. The van der Waals surface area contributed by atoms with E-state index in [1.54, 1.807) is 0 Å². The number of hydrogen-bond acceptors (Lipinski definition) is 6. The lowest BCUT2D eigenvalue weighted by atomic mass is 10.1. The van der Waals surface area contributed by atoms with E-state index in [1.807, 2.05) is 0 Å². The molecule has 0 N–H and O–H groups in total. The predicted molar refractivity (Wildman–Crippen MR) is 94.9 cm³/mol. The van der Waals surface area contributed by atoms with E-state index in [9.17, 15) is 26.4 Å². The third-order valence-corrected chi connectivity index (χ3v) is 4.06. The van der Waals surface area contributed by atoms with E-state index in [1.165, 1.54) is 48.7 Å². The lowest BCUT2D eigenvalue weighted by molar-refractivity contribution is -0.153. The molecule has 3 rings (SSSR count). The van der Waals surface area contributed by atoms with Crippen molar-refractivity contribution in [1.82, 2.24) is 0 Å². The fourth-order valence-electron chi connectivity index (χ4n) is 2.43. The molecule has 0 bridgehead atoms. The molecule has 0 aliphatic carbocycles. The van der Waals surface area contributed by atoms with Gasteiger partial charge in [-0.3, -0.25) is 4.79 Å². The second-order valence-electron chi connectivity index (χ2n) is 5.85. The van der Waals surface area contributed by atoms with Gasteiger partial charge in [-0.25, -0.2) is 0 Å². The van der Waals surface area contributed by atoms with Crippen molar-refractivity contribution in [3.05, 3.63) is 59.0 Å². The van der Waals surface area contributed by atoms with Gasteiger partial charge in [0.25, 0.3) is 0 Å². The van der Waals surface area contributed by atoms with E-state index in [2.05, 4.69) is 4.74 Å². The maximum absolute atomic E-state index is 12.7. The largest absolute Gasteiger partial charge is 0.484 e. The molecule has 0 spiro atoms. The zero-order valence-corrected chi connectivity index (χ0v) is 15.1. The van der Waals surface area contributed by atoms with Crippen molar-refractivity contribution in [3.8, 4) is 22.6 Å². The van der Waals surface area contributed by atoms with Gasteiger partial charge < -0.3 is 13.3 Å². The van der Waals surface area contributed by atoms with Crippen LogP contribution in [-0.4, -0.2) is 27.5 Å². The smallest absolute Gasteiger partial charge is 0.422 e. The van der Waals surface area contributed by atoms with E-state index in [0.29, 0.717) is 5.56 Å². The summed E-state index contributed by atoms with van der Waals surface area (Å²) in [5.41, 5.74) is 0.342. The standard InChI is InChI=1S/C18H13F3O6S/c1-28(23,24)27-13-6-7-14-16(8-13)25-9-15(17(14)22)11-2-4-12(5-3-11)26-10-18(19,20)21/h2-9H,10H2,1H3. The molecule has 2 aromatic carbocycles. The molecule has 0 unspecified atom stereocenters. The lowest BCUT2D eigenvalue weighted by Crippen LogP contribution is -2.19. The quantitative estimate of drug-likeness (QED) is 0.592. The molecular weight excluding hydrogens is 401 g/mol. The third kappa shape index (κ3) is 4.83. The molecule has 10 heteroatoms. The van der Waals surface area contributed by atoms with Crippen LogP contribution in [0.2, 0.25) is 0 Å². The molecule has 6 nitrogen and oxygen atoms in total. The van der Waals surface area contributed by atoms with Crippen LogP contribution in [0.3, 0.4) is 0 Å². The summed E-state index contributed by atoms with van der Waals surface area (Å²) < 4.78 is 73.7. The number of benzene rings is 2. The predicted octanol–water partition coefficient (Wildman–Crippen LogP) is 3.74. The first-order chi connectivity index (χ1) is 13.0. The number of halogens is 3. The second kappa shape index (κ2) is 7.19. The van der Waals surface area contributed by atoms with Gasteiger partial charge in [0.1, 0.15) is 23.3 Å². The lowest BCUT2D eigenvalue weighted by Gasteiger charge is -2.09. The van der Waals surface area contributed by atoms with Crippen molar-refractivity contribution in [2.75, 3.05) is 12.9 Å². The van der Waals surface area contributed by atoms with Gasteiger partial charge in [-0.2, -0.15) is 21.6 Å². The highest BCUT2D eigenvalue weighted by molar-refractivity contribution is 7.86. The molecule has 0 saturated heterocycles. The average Bonchev–Trinajstić information content (AvgIpc) is 2.59. The van der Waals surface area contributed by atoms with Gasteiger partial charge in [-0.1, -0.05) is 12.1 Å². The highest BCUT2D eigenvalue weighted by atomic mass is 32.2. The van der Waals surface area contributed by atoms with E-state index < -0.39 is 28.3 Å². The molecule has 3 aromatic rings. The van der Waals surface area contributed by atoms with Crippen LogP contribution in [0.5, 0.6) is 11.5 Å². The van der Waals surface area contributed by atoms with Gasteiger partial charge >= 0.3 is 16.3 Å². The highest BCUT2D eigenvalue weighted by Crippen LogP contribution is 2.26. The third-order valence-electron chi connectivity index (χ3n) is 3.56. The molecule has 28 heavy (non-hydrogen) atoms. The van der Waals surface area contributed by atoms with Crippen LogP contribution in [0.15, 0.2) is 57.9 Å². The molecule has 1 aromatic heterocycles. The minimum absolute atomic E-state index is 0.00272. The van der Waals surface area contributed by atoms with E-state index >= 15 is 0 Å². The molecule has 0 radical (unpaired) electrons. The molecule has 0 fully saturated rings. The summed E-state index contributed by atoms with van der Waals surface area (Å²) in [7, 11) is -3.73. The minimum atomic E-state index is -4.45. The second-order valence-corrected chi connectivity index (χ2v) is 7.43. The first kappa shape index (κ1) is 19.7. The number of alkyl halides is 3. The normalized spacial score (nSPS) is 12.1. The molecule has 148 valence electrons. The summed E-state index contributed by atoms with van der Waals surface area (Å²) >= 11 is 0. The summed E-state index contributed by atoms with van der Waals surface area (Å²) in [4.78, 5) is 12.7. The van der Waals surface area contributed by atoms with E-state index in [-0.39, 0.29) is 28.0 Å². The molecule has 0 amide bonds. The zero-order chi connectivity index (χ0) is 20.5. The minimum Gasteiger partial charge on any atom is -0.484 e. The monoisotopic (exact) mass is 414 g/mol. The van der Waals surface area contributed by atoms with Crippen molar-refractivity contribution < 1.29 is 34.9 Å². The summed E-state index contributed by atoms with van der Waals surface area (Å²) in [6.07, 6.45) is -2.38. The Labute approximate surface area is 157 Å². The van der Waals surface area contributed by atoms with Gasteiger partial charge in [0.05, 0.1) is 17.2 Å². The van der Waals surface area contributed by atoms with Gasteiger partial charge in [-0.05, 0) is 29.8 Å². The summed E-state index contributed by atoms with van der Waals surface area (Å²) in [5, 5.41) is 0.191. The molecule has 0 saturated carbocycles. The zero-order valence-electron chi connectivity index (χ0n) is 14.3. The van der Waals surface area contributed by atoms with Gasteiger partial charge in [-0.15, -0.1) is 0 Å². The molecule has 1 heterocycles. The van der Waals surface area contributed by atoms with Crippen molar-refractivity contribution in [2.24, 2.45) is 0 Å². The average molecular weight is 414 g/mol. The fraction of sp³-hybridized carbons (Fsp3) is 0.167. The molecule has 0 aliphatic rings. The van der Waals surface area contributed by atoms with Gasteiger partial charge in [0.15, 0.2) is 12.0 Å². The molecule has 0 aliphatic heterocycles. The number of fused-ring (bicyclic) bond motifs is 1. The van der Waals surface area contributed by atoms with Gasteiger partial charge in [0, 0.05) is 6.07 Å². The van der Waals surface area contributed by atoms with Crippen molar-refractivity contribution in [2.45, 2.75) is 6.18 Å². The van der Waals surface area contributed by atoms with Crippen LogP contribution in [0, 0.1) is 0 Å². The SMILES string of the molecule is CS(=O)(=O)Oc1ccc2c(=O)c(-c3ccc(OCC(F)(F)F)cc3)coc2c1. The van der Waals surface area contributed by atoms with Crippen LogP contribution < -0.4 is 14.3 Å². The summed E-state index contributed by atoms with van der Waals surface area (Å²) in [6.45, 7) is -1.41. The van der Waals surface area contributed by atoms with E-state index in [0.717, 1.165) is 6.26 Å². The molecular formula is C18H13F3O6S. The van der Waals surface area contributed by atoms with Crippen molar-refractivity contribution in [1.29, 1.82) is 0 Å². The van der Waals surface area contributed by atoms with Crippen LogP contribution in [0.25, 0.3) is 22.1 Å². The summed E-state index contributed by atoms with van der Waals surface area (Å²) in [5.74, 6) is 0.00545. The first-order valence-corrected chi connectivity index (χ1v) is 9.58. The molecule has 0 atom stereocenters. The van der Waals surface area contributed by atoms with Crippen LogP contribution in [-0.2, 0) is 10.1 Å². The fourth-order valence-corrected chi connectivity index (χ4v) is 2.88. The van der Waals surface area contributed by atoms with Gasteiger partial charge in [0.2, 0.25) is 0 Å². The number of rotatable bonds is 5. The van der Waals surface area contributed by atoms with Crippen molar-refractivity contribution >= 4 is 21.1 Å². The summed E-state index contributed by atoms with van der Waals surface area (Å²) in [6, 6.07) is 9.46. The Morgan fingerprint density at radius 1 is 1.04 bits per heavy atom.